The van der Waals surface area contributed by atoms with Crippen LogP contribution in [-0.2, 0) is 4.79 Å². The molecule has 3 amide bonds. The third kappa shape index (κ3) is 6.29. The Balaban J connectivity index is 1.27. The Hall–Kier alpha value is -4.98. The van der Waals surface area contributed by atoms with Crippen LogP contribution >= 0.6 is 0 Å². The summed E-state index contributed by atoms with van der Waals surface area (Å²) < 4.78 is 5.67. The molecule has 0 spiro atoms. The highest BCUT2D eigenvalue weighted by Gasteiger charge is 2.11. The monoisotopic (exact) mass is 466 g/mol. The molecule has 0 bridgehead atoms. The summed E-state index contributed by atoms with van der Waals surface area (Å²) in [6.07, 6.45) is 1.53. The Kier molecular flexibility index (Phi) is 7.45. The molecule has 4 rings (SSSR count). The topological polar surface area (TPSA) is 109 Å². The van der Waals surface area contributed by atoms with Crippen molar-refractivity contribution in [2.75, 3.05) is 11.9 Å². The number of carbonyl (C=O) groups excluding carboxylic acids is 3. The van der Waals surface area contributed by atoms with E-state index < -0.39 is 11.8 Å². The highest BCUT2D eigenvalue weighted by atomic mass is 16.5. The van der Waals surface area contributed by atoms with Gasteiger partial charge in [0.2, 0.25) is 0 Å². The number of benzene rings is 3. The highest BCUT2D eigenvalue weighted by molar-refractivity contribution is 6.03. The Morgan fingerprint density at radius 3 is 2.17 bits per heavy atom. The van der Waals surface area contributed by atoms with Crippen LogP contribution in [0.25, 0.3) is 11.1 Å². The predicted octanol–water partition coefficient (Wildman–Crippen LogP) is 3.84. The van der Waals surface area contributed by atoms with E-state index in [4.69, 9.17) is 4.74 Å². The first-order valence-corrected chi connectivity index (χ1v) is 10.8. The molecule has 0 unspecified atom stereocenters. The van der Waals surface area contributed by atoms with Crippen LogP contribution in [0.15, 0.2) is 103 Å². The lowest BCUT2D eigenvalue weighted by Gasteiger charge is -2.12. The largest absolute Gasteiger partial charge is 0.483 e. The van der Waals surface area contributed by atoms with Crippen molar-refractivity contribution in [2.45, 2.75) is 0 Å². The summed E-state index contributed by atoms with van der Waals surface area (Å²) in [6, 6.07) is 28.4. The Labute approximate surface area is 201 Å². The maximum absolute atomic E-state index is 12.4. The zero-order chi connectivity index (χ0) is 24.5. The minimum Gasteiger partial charge on any atom is -0.483 e. The standard InChI is InChI=1S/C27H22N4O4/c32-25(18-35-24-12-5-4-10-22(24)19-8-2-1-3-9-19)30-31-26(33)20-13-15-21(16-14-20)29-27(34)23-11-6-7-17-28-23/h1-17H,18H2,(H,29,34)(H,30,32)(H,31,33). The second kappa shape index (κ2) is 11.2. The van der Waals surface area contributed by atoms with Crippen molar-refractivity contribution in [3.05, 3.63) is 115 Å². The smallest absolute Gasteiger partial charge is 0.276 e. The van der Waals surface area contributed by atoms with E-state index in [2.05, 4.69) is 21.2 Å². The van der Waals surface area contributed by atoms with E-state index in [1.807, 2.05) is 48.5 Å². The van der Waals surface area contributed by atoms with Crippen LogP contribution < -0.4 is 20.9 Å². The van der Waals surface area contributed by atoms with Crippen molar-refractivity contribution in [3.8, 4) is 16.9 Å². The molecule has 0 saturated heterocycles. The summed E-state index contributed by atoms with van der Waals surface area (Å²) in [5, 5.41) is 2.70. The number of aromatic nitrogens is 1. The number of rotatable bonds is 7. The molecule has 0 aliphatic carbocycles. The Bertz CT molecular complexity index is 1310. The molecule has 35 heavy (non-hydrogen) atoms. The first-order valence-electron chi connectivity index (χ1n) is 10.8. The summed E-state index contributed by atoms with van der Waals surface area (Å²) in [4.78, 5) is 40.7. The van der Waals surface area contributed by atoms with Gasteiger partial charge in [0.25, 0.3) is 17.7 Å². The zero-order valence-electron chi connectivity index (χ0n) is 18.6. The molecule has 0 aliphatic rings. The Morgan fingerprint density at radius 2 is 1.43 bits per heavy atom. The molecule has 0 atom stereocenters. The van der Waals surface area contributed by atoms with E-state index in [1.165, 1.54) is 18.3 Å². The number of ether oxygens (including phenoxy) is 1. The van der Waals surface area contributed by atoms with Crippen molar-refractivity contribution < 1.29 is 19.1 Å². The number of carbonyl (C=O) groups is 3. The number of hydrazine groups is 1. The molecule has 0 saturated carbocycles. The van der Waals surface area contributed by atoms with Crippen molar-refractivity contribution in [1.82, 2.24) is 15.8 Å². The summed E-state index contributed by atoms with van der Waals surface area (Å²) >= 11 is 0. The van der Waals surface area contributed by atoms with Gasteiger partial charge in [-0.05, 0) is 48.0 Å². The molecule has 1 aromatic heterocycles. The average molecular weight is 466 g/mol. The molecule has 0 fully saturated rings. The summed E-state index contributed by atoms with van der Waals surface area (Å²) in [6.45, 7) is -0.275. The van der Waals surface area contributed by atoms with Gasteiger partial charge in [0.05, 0.1) is 0 Å². The summed E-state index contributed by atoms with van der Waals surface area (Å²) in [5.74, 6) is -0.821. The second-order valence-corrected chi connectivity index (χ2v) is 7.40. The predicted molar refractivity (Wildman–Crippen MR) is 132 cm³/mol. The van der Waals surface area contributed by atoms with Gasteiger partial charge in [-0.1, -0.05) is 54.6 Å². The van der Waals surface area contributed by atoms with E-state index in [0.717, 1.165) is 11.1 Å². The number of anilines is 1. The maximum Gasteiger partial charge on any atom is 0.276 e. The van der Waals surface area contributed by atoms with Crippen LogP contribution in [0.4, 0.5) is 5.69 Å². The van der Waals surface area contributed by atoms with E-state index in [9.17, 15) is 14.4 Å². The van der Waals surface area contributed by atoms with E-state index in [1.54, 1.807) is 36.4 Å². The summed E-state index contributed by atoms with van der Waals surface area (Å²) in [5.41, 5.74) is 7.61. The SMILES string of the molecule is O=C(COc1ccccc1-c1ccccc1)NNC(=O)c1ccc(NC(=O)c2ccccn2)cc1. The van der Waals surface area contributed by atoms with Gasteiger partial charge in [0, 0.05) is 23.0 Å². The average Bonchev–Trinajstić information content (AvgIpc) is 2.92. The van der Waals surface area contributed by atoms with E-state index in [0.29, 0.717) is 17.0 Å². The molecule has 0 aliphatic heterocycles. The van der Waals surface area contributed by atoms with Crippen molar-refractivity contribution in [1.29, 1.82) is 0 Å². The molecule has 8 nitrogen and oxygen atoms in total. The number of nitrogens with zero attached hydrogens (tertiary/aromatic N) is 1. The molecule has 174 valence electrons. The number of pyridine rings is 1. The number of amides is 3. The number of para-hydroxylation sites is 1. The minimum atomic E-state index is -0.513. The minimum absolute atomic E-state index is 0.275. The lowest BCUT2D eigenvalue weighted by atomic mass is 10.1. The van der Waals surface area contributed by atoms with Crippen molar-refractivity contribution in [2.24, 2.45) is 0 Å². The van der Waals surface area contributed by atoms with Gasteiger partial charge in [0.15, 0.2) is 6.61 Å². The molecule has 4 aromatic rings. The Morgan fingerprint density at radius 1 is 0.714 bits per heavy atom. The van der Waals surface area contributed by atoms with Crippen molar-refractivity contribution >= 4 is 23.4 Å². The van der Waals surface area contributed by atoms with E-state index >= 15 is 0 Å². The maximum atomic E-state index is 12.4. The quantitative estimate of drug-likeness (QED) is 0.359. The number of hydrogen-bond donors (Lipinski definition) is 3. The fourth-order valence-electron chi connectivity index (χ4n) is 3.22. The van der Waals surface area contributed by atoms with Gasteiger partial charge in [0.1, 0.15) is 11.4 Å². The highest BCUT2D eigenvalue weighted by Crippen LogP contribution is 2.29. The molecule has 0 radical (unpaired) electrons. The number of hydrogen-bond acceptors (Lipinski definition) is 5. The van der Waals surface area contributed by atoms with Gasteiger partial charge >= 0.3 is 0 Å². The molecular formula is C27H22N4O4. The fourth-order valence-corrected chi connectivity index (χ4v) is 3.22. The third-order valence-electron chi connectivity index (χ3n) is 4.95. The zero-order valence-corrected chi connectivity index (χ0v) is 18.6. The third-order valence-corrected chi connectivity index (χ3v) is 4.95. The van der Waals surface area contributed by atoms with Gasteiger partial charge in [-0.3, -0.25) is 30.2 Å². The molecule has 8 heteroatoms. The van der Waals surface area contributed by atoms with Gasteiger partial charge < -0.3 is 10.1 Å². The molecule has 3 N–H and O–H groups in total. The van der Waals surface area contributed by atoms with E-state index in [-0.39, 0.29) is 18.2 Å². The van der Waals surface area contributed by atoms with Crippen LogP contribution in [0.3, 0.4) is 0 Å². The second-order valence-electron chi connectivity index (χ2n) is 7.40. The fraction of sp³-hybridized carbons (Fsp3) is 0.0370. The first-order chi connectivity index (χ1) is 17.1. The molecule has 3 aromatic carbocycles. The van der Waals surface area contributed by atoms with Gasteiger partial charge in [-0.2, -0.15) is 0 Å². The van der Waals surface area contributed by atoms with Crippen LogP contribution in [0.2, 0.25) is 0 Å². The molecular weight excluding hydrogens is 444 g/mol. The molecule has 1 heterocycles. The normalized spacial score (nSPS) is 10.2. The summed E-state index contributed by atoms with van der Waals surface area (Å²) in [7, 11) is 0. The lowest BCUT2D eigenvalue weighted by molar-refractivity contribution is -0.123. The van der Waals surface area contributed by atoms with Crippen molar-refractivity contribution in [3.63, 3.8) is 0 Å². The lowest BCUT2D eigenvalue weighted by Crippen LogP contribution is -2.43. The van der Waals surface area contributed by atoms with Gasteiger partial charge in [-0.25, -0.2) is 0 Å². The van der Waals surface area contributed by atoms with Gasteiger partial charge in [-0.15, -0.1) is 0 Å². The van der Waals surface area contributed by atoms with Crippen LogP contribution in [0.1, 0.15) is 20.8 Å². The van der Waals surface area contributed by atoms with Crippen LogP contribution in [0, 0.1) is 0 Å². The number of nitrogens with one attached hydrogen (secondary N) is 3. The first kappa shape index (κ1) is 23.2. The van der Waals surface area contributed by atoms with Crippen LogP contribution in [-0.4, -0.2) is 29.3 Å². The van der Waals surface area contributed by atoms with Crippen LogP contribution in [0.5, 0.6) is 5.75 Å².